The Morgan fingerprint density at radius 1 is 1.25 bits per heavy atom. The lowest BCUT2D eigenvalue weighted by molar-refractivity contribution is -0.127. The van der Waals surface area contributed by atoms with E-state index >= 15 is 0 Å². The van der Waals surface area contributed by atoms with Crippen LogP contribution < -0.4 is 10.8 Å². The molecule has 1 rings (SSSR count). The number of anilines is 1. The van der Waals surface area contributed by atoms with Gasteiger partial charge in [0.05, 0.1) is 5.60 Å². The maximum atomic E-state index is 12.6. The van der Waals surface area contributed by atoms with Crippen LogP contribution in [0.25, 0.3) is 0 Å². The number of amides is 2. The van der Waals surface area contributed by atoms with E-state index in [2.05, 4.69) is 24.5 Å². The van der Waals surface area contributed by atoms with Crippen molar-refractivity contribution >= 4 is 43.1 Å². The number of carbonyl (C=O) groups excluding carboxylic acids is 2. The van der Waals surface area contributed by atoms with Gasteiger partial charge in [0.2, 0.25) is 0 Å². The first-order valence-corrected chi connectivity index (χ1v) is 9.45. The largest absolute Gasteiger partial charge is 0.428 e. The summed E-state index contributed by atoms with van der Waals surface area (Å²) >= 11 is 4.60. The van der Waals surface area contributed by atoms with Gasteiger partial charge in [-0.1, -0.05) is 24.8 Å². The summed E-state index contributed by atoms with van der Waals surface area (Å²) in [5.74, 6) is -0.879. The number of thiol groups is 1. The second-order valence-electron chi connectivity index (χ2n) is 7.79. The van der Waals surface area contributed by atoms with E-state index in [-0.39, 0.29) is 16.2 Å². The molecule has 0 saturated heterocycles. The molecule has 28 heavy (non-hydrogen) atoms. The van der Waals surface area contributed by atoms with Crippen LogP contribution in [0.1, 0.15) is 33.3 Å². The van der Waals surface area contributed by atoms with Crippen LogP contribution >= 0.6 is 12.6 Å². The fourth-order valence-corrected chi connectivity index (χ4v) is 2.12. The molecule has 0 aliphatic carbocycles. The highest BCUT2D eigenvalue weighted by molar-refractivity contribution is 7.81. The smallest absolute Gasteiger partial charge is 0.331 e. The minimum absolute atomic E-state index is 0.0167. The van der Waals surface area contributed by atoms with Crippen LogP contribution in [0.3, 0.4) is 0 Å². The Morgan fingerprint density at radius 2 is 1.86 bits per heavy atom. The van der Waals surface area contributed by atoms with E-state index in [4.69, 9.17) is 4.65 Å². The molecule has 5 nitrogen and oxygen atoms in total. The third-order valence-corrected chi connectivity index (χ3v) is 5.28. The average molecular weight is 401 g/mol. The summed E-state index contributed by atoms with van der Waals surface area (Å²) < 4.78 is 5.63. The average Bonchev–Trinajstić information content (AvgIpc) is 2.58. The number of carbonyl (C=O) groups is 2. The van der Waals surface area contributed by atoms with Gasteiger partial charge in [-0.3, -0.25) is 9.59 Å². The molecule has 0 saturated carbocycles. The maximum absolute atomic E-state index is 12.6. The molecular weight excluding hydrogens is 371 g/mol. The Bertz CT molecular complexity index is 780. The van der Waals surface area contributed by atoms with Crippen LogP contribution in [-0.2, 0) is 14.2 Å². The summed E-state index contributed by atoms with van der Waals surface area (Å²) in [7, 11) is 4.86. The maximum Gasteiger partial charge on any atom is 0.331 e. The Hall–Kier alpha value is -1.99. The Balaban J connectivity index is 3.04. The number of allylic oxidation sites excluding steroid dienone is 2. The van der Waals surface area contributed by atoms with Gasteiger partial charge < -0.3 is 14.9 Å². The van der Waals surface area contributed by atoms with Crippen molar-refractivity contribution in [1.29, 1.82) is 0 Å². The molecule has 7 heteroatoms. The molecule has 0 bridgehead atoms. The van der Waals surface area contributed by atoms with Crippen LogP contribution in [0.15, 0.2) is 42.5 Å². The zero-order valence-electron chi connectivity index (χ0n) is 17.8. The predicted molar refractivity (Wildman–Crippen MR) is 120 cm³/mol. The minimum atomic E-state index is -0.500. The van der Waals surface area contributed by atoms with Crippen molar-refractivity contribution in [2.24, 2.45) is 0 Å². The minimum Gasteiger partial charge on any atom is -0.428 e. The van der Waals surface area contributed by atoms with E-state index < -0.39 is 11.5 Å². The highest BCUT2D eigenvalue weighted by Gasteiger charge is 2.34. The summed E-state index contributed by atoms with van der Waals surface area (Å²) in [4.78, 5) is 26.2. The van der Waals surface area contributed by atoms with Gasteiger partial charge in [-0.05, 0) is 57.8 Å². The molecule has 0 unspecified atom stereocenters. The van der Waals surface area contributed by atoms with Crippen LogP contribution in [0.5, 0.6) is 0 Å². The van der Waals surface area contributed by atoms with Crippen molar-refractivity contribution in [2.45, 2.75) is 45.0 Å². The van der Waals surface area contributed by atoms with Gasteiger partial charge in [-0.15, -0.1) is 0 Å². The van der Waals surface area contributed by atoms with Crippen molar-refractivity contribution in [3.63, 3.8) is 0 Å². The quantitative estimate of drug-likeness (QED) is 0.176. The summed E-state index contributed by atoms with van der Waals surface area (Å²) in [6, 6.07) is 5.50. The molecule has 1 N–H and O–H groups in total. The molecule has 0 atom stereocenters. The predicted octanol–water partition coefficient (Wildman–Crippen LogP) is 2.88. The summed E-state index contributed by atoms with van der Waals surface area (Å²) in [6.07, 6.45) is 2.83. The molecule has 151 valence electrons. The molecule has 1 aromatic carbocycles. The molecule has 1 aromatic rings. The van der Waals surface area contributed by atoms with E-state index in [0.717, 1.165) is 11.0 Å². The van der Waals surface area contributed by atoms with Gasteiger partial charge >= 0.3 is 7.48 Å². The van der Waals surface area contributed by atoms with Gasteiger partial charge in [-0.2, -0.15) is 12.6 Å². The first-order valence-electron chi connectivity index (χ1n) is 9.00. The molecule has 0 aliphatic heterocycles. The van der Waals surface area contributed by atoms with Crippen molar-refractivity contribution in [3.8, 4) is 0 Å². The lowest BCUT2D eigenvalue weighted by Gasteiger charge is -2.38. The third kappa shape index (κ3) is 6.01. The summed E-state index contributed by atoms with van der Waals surface area (Å²) in [6.45, 7) is 13.4. The van der Waals surface area contributed by atoms with Gasteiger partial charge in [0.1, 0.15) is 5.57 Å². The Morgan fingerprint density at radius 3 is 2.36 bits per heavy atom. The van der Waals surface area contributed by atoms with Gasteiger partial charge in [0, 0.05) is 24.5 Å². The van der Waals surface area contributed by atoms with Crippen molar-refractivity contribution in [3.05, 3.63) is 48.1 Å². The summed E-state index contributed by atoms with van der Waals surface area (Å²) in [5.41, 5.74) is 1.78. The molecular formula is C21H30BN2O3S. The number of hydrogen-bond donors (Lipinski definition) is 2. The lowest BCUT2D eigenvalue weighted by Crippen LogP contribution is -2.46. The molecule has 2 amide bonds. The topological polar surface area (TPSA) is 58.6 Å². The number of nitrogens with zero attached hydrogens (tertiary/aromatic N) is 1. The molecule has 0 aliphatic rings. The fourth-order valence-electron chi connectivity index (χ4n) is 2.06. The highest BCUT2D eigenvalue weighted by atomic mass is 32.1. The monoisotopic (exact) mass is 401 g/mol. The number of benzene rings is 1. The van der Waals surface area contributed by atoms with E-state index in [1.54, 1.807) is 27.6 Å². The van der Waals surface area contributed by atoms with Crippen molar-refractivity contribution in [1.82, 2.24) is 4.90 Å². The second kappa shape index (κ2) is 9.48. The van der Waals surface area contributed by atoms with E-state index in [1.165, 1.54) is 17.1 Å². The van der Waals surface area contributed by atoms with Gasteiger partial charge in [0.25, 0.3) is 11.8 Å². The number of nitrogens with one attached hydrogen (secondary N) is 1. The number of rotatable bonds is 8. The van der Waals surface area contributed by atoms with Crippen LogP contribution in [-0.4, -0.2) is 48.6 Å². The molecule has 0 heterocycles. The lowest BCUT2D eigenvalue weighted by atomic mass is 9.81. The van der Waals surface area contributed by atoms with Gasteiger partial charge in [-0.25, -0.2) is 0 Å². The Labute approximate surface area is 174 Å². The normalized spacial score (nSPS) is 12.4. The SMILES string of the molecule is C=C/C=C(/C(=O)Nc1cccc([B]OC(C)(C)C(C)(C)S)c1C)C(=O)N(C)C. The van der Waals surface area contributed by atoms with E-state index in [9.17, 15) is 9.59 Å². The fraction of sp³-hybridized carbons (Fsp3) is 0.429. The molecule has 0 aromatic heterocycles. The van der Waals surface area contributed by atoms with Gasteiger partial charge in [0.15, 0.2) is 0 Å². The van der Waals surface area contributed by atoms with Crippen LogP contribution in [0.2, 0.25) is 0 Å². The first kappa shape index (κ1) is 24.1. The summed E-state index contributed by atoms with van der Waals surface area (Å²) in [5, 5.41) is 2.81. The van der Waals surface area contributed by atoms with Crippen LogP contribution in [0, 0.1) is 6.92 Å². The zero-order chi connectivity index (χ0) is 21.7. The zero-order valence-corrected chi connectivity index (χ0v) is 18.7. The second-order valence-corrected chi connectivity index (χ2v) is 8.91. The number of hydrogen-bond acceptors (Lipinski definition) is 4. The van der Waals surface area contributed by atoms with Crippen molar-refractivity contribution in [2.75, 3.05) is 19.4 Å². The van der Waals surface area contributed by atoms with E-state index in [0.29, 0.717) is 5.69 Å². The standard InChI is InChI=1S/C21H30BN2O3S/c1-9-11-15(19(26)24(7)8)18(25)23-17-13-10-12-16(14(17)2)22-27-20(3,4)21(5,6)28/h9-13,28H,1H2,2-8H3,(H,23,25)/b15-11-. The van der Waals surface area contributed by atoms with Crippen molar-refractivity contribution < 1.29 is 14.2 Å². The number of likely N-dealkylation sites (N-methyl/N-ethyl adjacent to an activating group) is 1. The highest BCUT2D eigenvalue weighted by Crippen LogP contribution is 2.30. The molecule has 0 fully saturated rings. The Kier molecular flexibility index (Phi) is 8.14. The van der Waals surface area contributed by atoms with E-state index in [1.807, 2.05) is 46.8 Å². The molecule has 1 radical (unpaired) electrons. The first-order chi connectivity index (χ1) is 12.8. The third-order valence-electron chi connectivity index (χ3n) is 4.74. The van der Waals surface area contributed by atoms with Crippen LogP contribution in [0.4, 0.5) is 5.69 Å². The molecule has 0 spiro atoms.